The first-order valence-electron chi connectivity index (χ1n) is 8.21. The largest absolute Gasteiger partial charge is 0.339 e. The van der Waals surface area contributed by atoms with Crippen molar-refractivity contribution in [2.45, 2.75) is 64.6 Å². The Morgan fingerprint density at radius 1 is 1.32 bits per heavy atom. The summed E-state index contributed by atoms with van der Waals surface area (Å²) in [5.74, 6) is 0.301. The van der Waals surface area contributed by atoms with Crippen LogP contribution in [0.2, 0.25) is 5.02 Å². The molecule has 22 heavy (non-hydrogen) atoms. The second-order valence-corrected chi connectivity index (χ2v) is 7.24. The van der Waals surface area contributed by atoms with Gasteiger partial charge in [-0.3, -0.25) is 14.8 Å². The van der Waals surface area contributed by atoms with E-state index in [9.17, 15) is 4.79 Å². The summed E-state index contributed by atoms with van der Waals surface area (Å²) in [4.78, 5) is 17.5. The number of nitrogens with zero attached hydrogens (tertiary/aromatic N) is 3. The number of carbonyl (C=O) groups is 1. The van der Waals surface area contributed by atoms with Crippen LogP contribution in [0.5, 0.6) is 0 Å². The van der Waals surface area contributed by atoms with E-state index >= 15 is 0 Å². The summed E-state index contributed by atoms with van der Waals surface area (Å²) in [6.07, 6.45) is 4.05. The molecule has 2 saturated heterocycles. The number of carbonyl (C=O) groups excluding carboxylic acids is 1. The third kappa shape index (κ3) is 2.44. The number of likely N-dealkylation sites (tertiary alicyclic amines) is 2. The van der Waals surface area contributed by atoms with Gasteiger partial charge < -0.3 is 4.90 Å². The average Bonchev–Trinajstić information content (AvgIpc) is 3.01. The Morgan fingerprint density at radius 2 is 2.00 bits per heavy atom. The Kier molecular flexibility index (Phi) is 4.21. The highest BCUT2D eigenvalue weighted by Gasteiger charge is 2.51. The van der Waals surface area contributed by atoms with Gasteiger partial charge in [0.15, 0.2) is 0 Å². The zero-order valence-corrected chi connectivity index (χ0v) is 14.4. The lowest BCUT2D eigenvalue weighted by molar-refractivity contribution is -0.149. The van der Waals surface area contributed by atoms with Gasteiger partial charge in [-0.15, -0.1) is 0 Å². The van der Waals surface area contributed by atoms with Crippen LogP contribution in [0, 0.1) is 6.92 Å². The minimum atomic E-state index is -0.335. The summed E-state index contributed by atoms with van der Waals surface area (Å²) in [6, 6.07) is 0.267. The molecule has 3 rings (SSSR count). The quantitative estimate of drug-likeness (QED) is 0.930. The minimum absolute atomic E-state index is 0.267. The highest BCUT2D eigenvalue weighted by Crippen LogP contribution is 2.40. The molecule has 0 aliphatic carbocycles. The van der Waals surface area contributed by atoms with E-state index in [1.54, 1.807) is 0 Å². The van der Waals surface area contributed by atoms with Gasteiger partial charge in [-0.25, -0.2) is 0 Å². The van der Waals surface area contributed by atoms with Crippen molar-refractivity contribution >= 4 is 17.5 Å². The number of aryl methyl sites for hydroxylation is 1. The Bertz CT molecular complexity index is 570. The van der Waals surface area contributed by atoms with Crippen molar-refractivity contribution in [2.75, 3.05) is 13.1 Å². The van der Waals surface area contributed by atoms with Gasteiger partial charge in [0, 0.05) is 19.1 Å². The SMILES string of the molecule is Cc1[nH]nc(CN2CCCC23CCCN(C(C)C)C3=O)c1Cl. The van der Waals surface area contributed by atoms with E-state index in [-0.39, 0.29) is 11.6 Å². The molecule has 1 atom stereocenters. The standard InChI is InChI=1S/C16H25ClN4O/c1-11(2)21-9-5-7-16(15(21)22)6-4-8-20(16)10-13-14(17)12(3)18-19-13/h11H,4-10H2,1-3H3,(H,18,19). The first-order valence-corrected chi connectivity index (χ1v) is 8.59. The van der Waals surface area contributed by atoms with E-state index in [4.69, 9.17) is 11.6 Å². The summed E-state index contributed by atoms with van der Waals surface area (Å²) in [7, 11) is 0. The number of aromatic nitrogens is 2. The molecular weight excluding hydrogens is 300 g/mol. The molecule has 1 aromatic rings. The highest BCUT2D eigenvalue weighted by molar-refractivity contribution is 6.31. The van der Waals surface area contributed by atoms with Gasteiger partial charge in [0.1, 0.15) is 5.54 Å². The molecule has 2 fully saturated rings. The number of hydrogen-bond donors (Lipinski definition) is 1. The van der Waals surface area contributed by atoms with Crippen LogP contribution < -0.4 is 0 Å². The second-order valence-electron chi connectivity index (χ2n) is 6.86. The Morgan fingerprint density at radius 3 is 2.59 bits per heavy atom. The molecule has 0 aromatic carbocycles. The van der Waals surface area contributed by atoms with Crippen LogP contribution in [-0.2, 0) is 11.3 Å². The predicted molar refractivity (Wildman–Crippen MR) is 86.8 cm³/mol. The third-order valence-electron chi connectivity index (χ3n) is 5.18. The van der Waals surface area contributed by atoms with Gasteiger partial charge in [0.2, 0.25) is 5.91 Å². The Balaban J connectivity index is 1.85. The molecule has 122 valence electrons. The molecule has 1 spiro atoms. The van der Waals surface area contributed by atoms with Gasteiger partial charge in [-0.2, -0.15) is 5.10 Å². The van der Waals surface area contributed by atoms with E-state index < -0.39 is 0 Å². The monoisotopic (exact) mass is 324 g/mol. The maximum atomic E-state index is 13.1. The molecule has 3 heterocycles. The van der Waals surface area contributed by atoms with Gasteiger partial charge in [0.25, 0.3) is 0 Å². The highest BCUT2D eigenvalue weighted by atomic mass is 35.5. The van der Waals surface area contributed by atoms with Crippen LogP contribution in [0.15, 0.2) is 0 Å². The molecular formula is C16H25ClN4O. The van der Waals surface area contributed by atoms with Crippen LogP contribution in [0.25, 0.3) is 0 Å². The first-order chi connectivity index (χ1) is 10.5. The molecule has 6 heteroatoms. The maximum Gasteiger partial charge on any atom is 0.243 e. The minimum Gasteiger partial charge on any atom is -0.339 e. The second kappa shape index (κ2) is 5.85. The van der Waals surface area contributed by atoms with Gasteiger partial charge in [-0.1, -0.05) is 11.6 Å². The van der Waals surface area contributed by atoms with Crippen LogP contribution >= 0.6 is 11.6 Å². The summed E-state index contributed by atoms with van der Waals surface area (Å²) in [5, 5.41) is 7.95. The van der Waals surface area contributed by atoms with E-state index in [0.717, 1.165) is 50.2 Å². The normalized spacial score (nSPS) is 26.6. The van der Waals surface area contributed by atoms with Crippen molar-refractivity contribution in [3.05, 3.63) is 16.4 Å². The molecule has 1 amide bonds. The van der Waals surface area contributed by atoms with Crippen LogP contribution in [0.1, 0.15) is 50.9 Å². The molecule has 0 saturated carbocycles. The zero-order chi connectivity index (χ0) is 15.9. The number of aromatic amines is 1. The van der Waals surface area contributed by atoms with Crippen LogP contribution in [0.4, 0.5) is 0 Å². The zero-order valence-electron chi connectivity index (χ0n) is 13.7. The summed E-state index contributed by atoms with van der Waals surface area (Å²) >= 11 is 6.31. The van der Waals surface area contributed by atoms with Crippen molar-refractivity contribution in [1.82, 2.24) is 20.0 Å². The number of piperidine rings is 1. The average molecular weight is 325 g/mol. The van der Waals surface area contributed by atoms with Crippen molar-refractivity contribution in [2.24, 2.45) is 0 Å². The summed E-state index contributed by atoms with van der Waals surface area (Å²) < 4.78 is 0. The van der Waals surface area contributed by atoms with Gasteiger partial charge >= 0.3 is 0 Å². The van der Waals surface area contributed by atoms with Crippen molar-refractivity contribution in [3.8, 4) is 0 Å². The molecule has 1 unspecified atom stereocenters. The lowest BCUT2D eigenvalue weighted by Crippen LogP contribution is -2.61. The maximum absolute atomic E-state index is 13.1. The number of H-pyrrole nitrogens is 1. The molecule has 5 nitrogen and oxygen atoms in total. The van der Waals surface area contributed by atoms with E-state index in [1.165, 1.54) is 0 Å². The number of rotatable bonds is 3. The van der Waals surface area contributed by atoms with Crippen LogP contribution in [0.3, 0.4) is 0 Å². The van der Waals surface area contributed by atoms with Gasteiger partial charge in [-0.05, 0) is 53.0 Å². The summed E-state index contributed by atoms with van der Waals surface area (Å²) in [5.41, 5.74) is 1.41. The van der Waals surface area contributed by atoms with Crippen molar-refractivity contribution in [3.63, 3.8) is 0 Å². The van der Waals surface area contributed by atoms with E-state index in [1.807, 2.05) is 11.8 Å². The van der Waals surface area contributed by atoms with E-state index in [0.29, 0.717) is 17.5 Å². The smallest absolute Gasteiger partial charge is 0.243 e. The molecule has 2 aliphatic heterocycles. The summed E-state index contributed by atoms with van der Waals surface area (Å²) in [6.45, 7) is 8.61. The first kappa shape index (κ1) is 15.8. The van der Waals surface area contributed by atoms with Crippen molar-refractivity contribution in [1.29, 1.82) is 0 Å². The Labute approximate surface area is 137 Å². The topological polar surface area (TPSA) is 52.2 Å². The molecule has 1 N–H and O–H groups in total. The number of amides is 1. The molecule has 1 aromatic heterocycles. The number of halogens is 1. The van der Waals surface area contributed by atoms with Crippen LogP contribution in [-0.4, -0.2) is 50.6 Å². The predicted octanol–water partition coefficient (Wildman–Crippen LogP) is 2.74. The molecule has 2 aliphatic rings. The third-order valence-corrected chi connectivity index (χ3v) is 5.68. The number of hydrogen-bond acceptors (Lipinski definition) is 3. The lowest BCUT2D eigenvalue weighted by Gasteiger charge is -2.46. The lowest BCUT2D eigenvalue weighted by atomic mass is 9.84. The fourth-order valence-electron chi connectivity index (χ4n) is 3.95. The Hall–Kier alpha value is -1.07. The molecule has 0 radical (unpaired) electrons. The fourth-order valence-corrected chi connectivity index (χ4v) is 4.10. The van der Waals surface area contributed by atoms with Gasteiger partial charge in [0.05, 0.1) is 16.4 Å². The van der Waals surface area contributed by atoms with Crippen molar-refractivity contribution < 1.29 is 4.79 Å². The van der Waals surface area contributed by atoms with E-state index in [2.05, 4.69) is 28.9 Å². The fraction of sp³-hybridized carbons (Fsp3) is 0.750. The molecule has 0 bridgehead atoms. The number of nitrogens with one attached hydrogen (secondary N) is 1.